The summed E-state index contributed by atoms with van der Waals surface area (Å²) in [7, 11) is 0. The first kappa shape index (κ1) is 12.7. The Labute approximate surface area is 114 Å². The molecule has 2 N–H and O–H groups in total. The van der Waals surface area contributed by atoms with Crippen LogP contribution < -0.4 is 5.73 Å². The summed E-state index contributed by atoms with van der Waals surface area (Å²) in [4.78, 5) is 4.91. The van der Waals surface area contributed by atoms with E-state index in [9.17, 15) is 0 Å². The van der Waals surface area contributed by atoms with Crippen LogP contribution in [0, 0.1) is 6.92 Å². The highest BCUT2D eigenvalue weighted by Gasteiger charge is 2.25. The molecule has 0 radical (unpaired) electrons. The number of hydrogen-bond donors (Lipinski definition) is 1. The maximum atomic E-state index is 6.14. The Morgan fingerprint density at radius 3 is 2.95 bits per heavy atom. The van der Waals surface area contributed by atoms with Crippen molar-refractivity contribution in [2.45, 2.75) is 58.0 Å². The molecule has 0 bridgehead atoms. The molecule has 0 aliphatic heterocycles. The summed E-state index contributed by atoms with van der Waals surface area (Å²) in [6.45, 7) is 5.31. The standard InChI is InChI=1S/C16H23N3/c1-3-19-15-8-7-11(2)9-14(15)18-16(19)12-5-4-6-13(17)10-12/h7-9,12-13H,3-6,10,17H2,1-2H3. The van der Waals surface area contributed by atoms with Gasteiger partial charge in [0.05, 0.1) is 11.0 Å². The second kappa shape index (κ2) is 4.97. The first-order chi connectivity index (χ1) is 9.19. The van der Waals surface area contributed by atoms with Crippen LogP contribution in [-0.2, 0) is 6.54 Å². The van der Waals surface area contributed by atoms with E-state index in [1.54, 1.807) is 0 Å². The summed E-state index contributed by atoms with van der Waals surface area (Å²) in [5.41, 5.74) is 9.81. The van der Waals surface area contributed by atoms with Crippen LogP contribution in [0.2, 0.25) is 0 Å². The van der Waals surface area contributed by atoms with Crippen LogP contribution in [0.1, 0.15) is 49.9 Å². The Bertz CT molecular complexity index is 585. The van der Waals surface area contributed by atoms with Crippen molar-refractivity contribution in [1.29, 1.82) is 0 Å². The molecular formula is C16H23N3. The second-order valence-corrected chi connectivity index (χ2v) is 5.83. The predicted octanol–water partition coefficient (Wildman–Crippen LogP) is 3.35. The monoisotopic (exact) mass is 257 g/mol. The third kappa shape index (κ3) is 2.27. The minimum atomic E-state index is 0.352. The Hall–Kier alpha value is -1.35. The van der Waals surface area contributed by atoms with Gasteiger partial charge < -0.3 is 10.3 Å². The van der Waals surface area contributed by atoms with E-state index in [-0.39, 0.29) is 0 Å². The van der Waals surface area contributed by atoms with Crippen LogP contribution in [0.25, 0.3) is 11.0 Å². The van der Waals surface area contributed by atoms with Gasteiger partial charge in [0.1, 0.15) is 5.82 Å². The fourth-order valence-electron chi connectivity index (χ4n) is 3.36. The number of rotatable bonds is 2. The summed E-state index contributed by atoms with van der Waals surface area (Å²) in [6, 6.07) is 6.92. The van der Waals surface area contributed by atoms with Gasteiger partial charge in [0.2, 0.25) is 0 Å². The lowest BCUT2D eigenvalue weighted by molar-refractivity contribution is 0.375. The summed E-state index contributed by atoms with van der Waals surface area (Å²) in [5, 5.41) is 0. The highest BCUT2D eigenvalue weighted by molar-refractivity contribution is 5.77. The molecule has 102 valence electrons. The number of nitrogens with two attached hydrogens (primary N) is 1. The third-order valence-electron chi connectivity index (χ3n) is 4.33. The van der Waals surface area contributed by atoms with Crippen LogP contribution in [0.15, 0.2) is 18.2 Å². The smallest absolute Gasteiger partial charge is 0.113 e. The zero-order valence-corrected chi connectivity index (χ0v) is 11.9. The van der Waals surface area contributed by atoms with Crippen molar-refractivity contribution in [2.24, 2.45) is 5.73 Å². The fraction of sp³-hybridized carbons (Fsp3) is 0.562. The van der Waals surface area contributed by atoms with Crippen molar-refractivity contribution in [3.63, 3.8) is 0 Å². The molecule has 1 aromatic carbocycles. The van der Waals surface area contributed by atoms with E-state index in [0.717, 1.165) is 18.5 Å². The first-order valence-corrected chi connectivity index (χ1v) is 7.41. The fourth-order valence-corrected chi connectivity index (χ4v) is 3.36. The average Bonchev–Trinajstić information content (AvgIpc) is 2.76. The van der Waals surface area contributed by atoms with Gasteiger partial charge in [-0.2, -0.15) is 0 Å². The predicted molar refractivity (Wildman–Crippen MR) is 79.3 cm³/mol. The lowest BCUT2D eigenvalue weighted by Crippen LogP contribution is -2.28. The molecule has 1 heterocycles. The number of hydrogen-bond acceptors (Lipinski definition) is 2. The molecule has 2 aromatic rings. The topological polar surface area (TPSA) is 43.8 Å². The lowest BCUT2D eigenvalue weighted by Gasteiger charge is -2.26. The molecule has 3 heteroatoms. The van der Waals surface area contributed by atoms with Crippen molar-refractivity contribution >= 4 is 11.0 Å². The van der Waals surface area contributed by atoms with E-state index in [0.29, 0.717) is 12.0 Å². The van der Waals surface area contributed by atoms with Gasteiger partial charge >= 0.3 is 0 Å². The van der Waals surface area contributed by atoms with E-state index in [4.69, 9.17) is 10.7 Å². The van der Waals surface area contributed by atoms with Crippen LogP contribution >= 0.6 is 0 Å². The van der Waals surface area contributed by atoms with Gasteiger partial charge in [0, 0.05) is 18.5 Å². The molecular weight excluding hydrogens is 234 g/mol. The van der Waals surface area contributed by atoms with Gasteiger partial charge in [-0.3, -0.25) is 0 Å². The summed E-state index contributed by atoms with van der Waals surface area (Å²) in [6.07, 6.45) is 4.72. The number of aromatic nitrogens is 2. The maximum absolute atomic E-state index is 6.14. The van der Waals surface area contributed by atoms with Crippen LogP contribution in [0.3, 0.4) is 0 Å². The van der Waals surface area contributed by atoms with Crippen LogP contribution in [-0.4, -0.2) is 15.6 Å². The van der Waals surface area contributed by atoms with Crippen molar-refractivity contribution in [3.05, 3.63) is 29.6 Å². The first-order valence-electron chi connectivity index (χ1n) is 7.41. The quantitative estimate of drug-likeness (QED) is 0.896. The third-order valence-corrected chi connectivity index (χ3v) is 4.33. The molecule has 0 saturated heterocycles. The number of aryl methyl sites for hydroxylation is 2. The molecule has 3 rings (SSSR count). The van der Waals surface area contributed by atoms with Crippen molar-refractivity contribution in [1.82, 2.24) is 9.55 Å². The highest BCUT2D eigenvalue weighted by Crippen LogP contribution is 2.33. The molecule has 1 saturated carbocycles. The molecule has 1 aromatic heterocycles. The molecule has 19 heavy (non-hydrogen) atoms. The van der Waals surface area contributed by atoms with Crippen molar-refractivity contribution in [2.75, 3.05) is 0 Å². The number of benzene rings is 1. The van der Waals surface area contributed by atoms with Gasteiger partial charge in [-0.1, -0.05) is 12.5 Å². The molecule has 3 nitrogen and oxygen atoms in total. The normalized spacial score (nSPS) is 23.9. The summed E-state index contributed by atoms with van der Waals surface area (Å²) >= 11 is 0. The van der Waals surface area contributed by atoms with Gasteiger partial charge in [0.25, 0.3) is 0 Å². The zero-order chi connectivity index (χ0) is 13.4. The van der Waals surface area contributed by atoms with Gasteiger partial charge in [-0.15, -0.1) is 0 Å². The second-order valence-electron chi connectivity index (χ2n) is 5.83. The number of fused-ring (bicyclic) bond motifs is 1. The van der Waals surface area contributed by atoms with Crippen LogP contribution in [0.5, 0.6) is 0 Å². The minimum absolute atomic E-state index is 0.352. The van der Waals surface area contributed by atoms with Gasteiger partial charge in [-0.25, -0.2) is 4.98 Å². The molecule has 0 spiro atoms. The van der Waals surface area contributed by atoms with Gasteiger partial charge in [0.15, 0.2) is 0 Å². The molecule has 1 fully saturated rings. The van der Waals surface area contributed by atoms with E-state index in [1.165, 1.54) is 36.2 Å². The Kier molecular flexibility index (Phi) is 3.31. The molecule has 0 amide bonds. The summed E-state index contributed by atoms with van der Waals surface area (Å²) < 4.78 is 2.37. The van der Waals surface area contributed by atoms with Crippen LogP contribution in [0.4, 0.5) is 0 Å². The van der Waals surface area contributed by atoms with E-state index < -0.39 is 0 Å². The van der Waals surface area contributed by atoms with Gasteiger partial charge in [-0.05, 0) is 50.8 Å². The highest BCUT2D eigenvalue weighted by atomic mass is 15.1. The Morgan fingerprint density at radius 1 is 1.37 bits per heavy atom. The van der Waals surface area contributed by atoms with E-state index in [2.05, 4.69) is 36.6 Å². The van der Waals surface area contributed by atoms with E-state index in [1.807, 2.05) is 0 Å². The zero-order valence-electron chi connectivity index (χ0n) is 11.9. The Balaban J connectivity index is 2.06. The largest absolute Gasteiger partial charge is 0.328 e. The SMILES string of the molecule is CCn1c(C2CCCC(N)C2)nc2cc(C)ccc21. The Morgan fingerprint density at radius 2 is 2.21 bits per heavy atom. The lowest BCUT2D eigenvalue weighted by atomic mass is 9.85. The average molecular weight is 257 g/mol. The number of nitrogens with zero attached hydrogens (tertiary/aromatic N) is 2. The molecule has 1 aliphatic carbocycles. The van der Waals surface area contributed by atoms with Crippen molar-refractivity contribution < 1.29 is 0 Å². The van der Waals surface area contributed by atoms with Crippen molar-refractivity contribution in [3.8, 4) is 0 Å². The minimum Gasteiger partial charge on any atom is -0.328 e. The molecule has 1 aliphatic rings. The maximum Gasteiger partial charge on any atom is 0.113 e. The van der Waals surface area contributed by atoms with E-state index >= 15 is 0 Å². The summed E-state index contributed by atoms with van der Waals surface area (Å²) in [5.74, 6) is 1.79. The molecule has 2 unspecified atom stereocenters. The molecule has 2 atom stereocenters. The number of imidazole rings is 1.